The van der Waals surface area contributed by atoms with E-state index >= 15 is 0 Å². The number of aliphatic hydroxyl groups is 2. The number of amides is 1. The molecule has 0 aliphatic rings. The van der Waals surface area contributed by atoms with Gasteiger partial charge in [0.25, 0.3) is 0 Å². The Hall–Kier alpha value is -3.13. The number of carbonyl (C=O) groups excluding carboxylic acids is 1. The second-order valence-electron chi connectivity index (χ2n) is 6.91. The fraction of sp³-hybridized carbons (Fsp3) is 0.292. The van der Waals surface area contributed by atoms with E-state index in [-0.39, 0.29) is 19.8 Å². The average molecular weight is 425 g/mol. The van der Waals surface area contributed by atoms with Crippen LogP contribution in [0.2, 0.25) is 0 Å². The molecule has 164 valence electrons. The predicted molar refractivity (Wildman–Crippen MR) is 118 cm³/mol. The summed E-state index contributed by atoms with van der Waals surface area (Å²) in [7, 11) is 1.51. The van der Waals surface area contributed by atoms with Crippen molar-refractivity contribution in [2.75, 3.05) is 32.2 Å². The maximum absolute atomic E-state index is 12.8. The predicted octanol–water partition coefficient (Wildman–Crippen LogP) is 3.90. The lowest BCUT2D eigenvalue weighted by Gasteiger charge is -2.26. The van der Waals surface area contributed by atoms with Crippen molar-refractivity contribution in [2.45, 2.75) is 18.6 Å². The number of hydrogen-bond acceptors (Lipinski definition) is 6. The molecule has 1 amide bonds. The Balaban J connectivity index is 1.79. The van der Waals surface area contributed by atoms with Gasteiger partial charge in [0, 0.05) is 25.5 Å². The maximum atomic E-state index is 12.8. The third-order valence-electron chi connectivity index (χ3n) is 4.88. The highest BCUT2D eigenvalue weighted by Crippen LogP contribution is 2.29. The molecule has 0 fully saturated rings. The number of carbonyl (C=O) groups is 1. The molecule has 0 saturated heterocycles. The Morgan fingerprint density at radius 1 is 0.968 bits per heavy atom. The summed E-state index contributed by atoms with van der Waals surface area (Å²) in [6, 6.07) is 20.4. The quantitative estimate of drug-likeness (QED) is 0.456. The van der Waals surface area contributed by atoms with Gasteiger partial charge in [-0.3, -0.25) is 5.32 Å². The number of rotatable bonds is 10. The largest absolute Gasteiger partial charge is 0.491 e. The molecule has 3 aromatic carbocycles. The number of methoxy groups -OCH3 is 1. The van der Waals surface area contributed by atoms with E-state index in [4.69, 9.17) is 19.3 Å². The number of ether oxygens (including phenoxy) is 3. The van der Waals surface area contributed by atoms with Crippen LogP contribution in [0.3, 0.4) is 0 Å². The highest BCUT2D eigenvalue weighted by molar-refractivity contribution is 6.00. The van der Waals surface area contributed by atoms with E-state index in [1.54, 1.807) is 24.3 Å². The van der Waals surface area contributed by atoms with Gasteiger partial charge in [-0.1, -0.05) is 48.5 Å². The lowest BCUT2D eigenvalue weighted by Crippen LogP contribution is -2.29. The number of aliphatic hydroxyl groups excluding tert-OH is 2. The molecule has 0 aromatic heterocycles. The molecule has 31 heavy (non-hydrogen) atoms. The first-order chi connectivity index (χ1) is 15.2. The fourth-order valence-electron chi connectivity index (χ4n) is 3.39. The van der Waals surface area contributed by atoms with Crippen LogP contribution in [0.1, 0.15) is 18.1 Å². The maximum Gasteiger partial charge on any atom is 0.412 e. The minimum absolute atomic E-state index is 0.0793. The van der Waals surface area contributed by atoms with Crippen molar-refractivity contribution in [1.82, 2.24) is 0 Å². The summed E-state index contributed by atoms with van der Waals surface area (Å²) >= 11 is 0. The van der Waals surface area contributed by atoms with Gasteiger partial charge in [-0.15, -0.1) is 0 Å². The van der Waals surface area contributed by atoms with E-state index in [1.165, 1.54) is 7.11 Å². The Morgan fingerprint density at radius 3 is 2.42 bits per heavy atom. The van der Waals surface area contributed by atoms with Crippen LogP contribution in [0.4, 0.5) is 10.5 Å². The lowest BCUT2D eigenvalue weighted by molar-refractivity contribution is -0.0306. The Morgan fingerprint density at radius 2 is 1.71 bits per heavy atom. The van der Waals surface area contributed by atoms with Gasteiger partial charge in [0.1, 0.15) is 18.5 Å². The highest BCUT2D eigenvalue weighted by Gasteiger charge is 2.27. The first-order valence-electron chi connectivity index (χ1n) is 10.1. The molecule has 0 aliphatic carbocycles. The molecule has 0 radical (unpaired) electrons. The SMILES string of the molecule is CO[C@@H](CCO)[C@@H](OC(=O)Nc1cccc2ccccc12)c1ccc(OCCO)cc1. The van der Waals surface area contributed by atoms with Crippen molar-refractivity contribution in [1.29, 1.82) is 0 Å². The van der Waals surface area contributed by atoms with Crippen LogP contribution in [-0.4, -0.2) is 49.3 Å². The summed E-state index contributed by atoms with van der Waals surface area (Å²) in [6.45, 7) is 0.00298. The summed E-state index contributed by atoms with van der Waals surface area (Å²) in [6.07, 6.45) is -1.60. The average Bonchev–Trinajstić information content (AvgIpc) is 2.80. The Kier molecular flexibility index (Phi) is 8.23. The minimum Gasteiger partial charge on any atom is -0.491 e. The van der Waals surface area contributed by atoms with Gasteiger partial charge < -0.3 is 24.4 Å². The summed E-state index contributed by atoms with van der Waals surface area (Å²) in [5.74, 6) is 0.591. The molecule has 2 atom stereocenters. The molecule has 0 aliphatic heterocycles. The van der Waals surface area contributed by atoms with Crippen molar-refractivity contribution in [2.24, 2.45) is 0 Å². The van der Waals surface area contributed by atoms with Crippen molar-refractivity contribution in [3.8, 4) is 5.75 Å². The van der Waals surface area contributed by atoms with E-state index in [2.05, 4.69) is 5.32 Å². The van der Waals surface area contributed by atoms with Gasteiger partial charge in [0.15, 0.2) is 6.10 Å². The fourth-order valence-corrected chi connectivity index (χ4v) is 3.39. The molecular weight excluding hydrogens is 398 g/mol. The third-order valence-corrected chi connectivity index (χ3v) is 4.88. The van der Waals surface area contributed by atoms with Gasteiger partial charge >= 0.3 is 6.09 Å². The number of nitrogens with one attached hydrogen (secondary N) is 1. The summed E-state index contributed by atoms with van der Waals surface area (Å²) < 4.78 is 16.6. The zero-order valence-electron chi connectivity index (χ0n) is 17.4. The van der Waals surface area contributed by atoms with Crippen LogP contribution in [0.25, 0.3) is 10.8 Å². The molecule has 0 bridgehead atoms. The van der Waals surface area contributed by atoms with Crippen LogP contribution in [0.15, 0.2) is 66.7 Å². The van der Waals surface area contributed by atoms with Crippen molar-refractivity contribution >= 4 is 22.6 Å². The van der Waals surface area contributed by atoms with Gasteiger partial charge in [-0.25, -0.2) is 4.79 Å². The van der Waals surface area contributed by atoms with Gasteiger partial charge in [0.05, 0.1) is 12.3 Å². The molecule has 0 heterocycles. The van der Waals surface area contributed by atoms with Gasteiger partial charge in [-0.2, -0.15) is 0 Å². The third kappa shape index (κ3) is 5.95. The summed E-state index contributed by atoms with van der Waals surface area (Å²) in [4.78, 5) is 12.8. The van der Waals surface area contributed by atoms with Crippen LogP contribution < -0.4 is 10.1 Å². The summed E-state index contributed by atoms with van der Waals surface area (Å²) in [5, 5.41) is 23.0. The number of hydrogen-bond donors (Lipinski definition) is 3. The number of anilines is 1. The smallest absolute Gasteiger partial charge is 0.412 e. The normalized spacial score (nSPS) is 12.9. The molecule has 7 heteroatoms. The zero-order chi connectivity index (χ0) is 22.1. The first kappa shape index (κ1) is 22.6. The van der Waals surface area contributed by atoms with Gasteiger partial charge in [-0.05, 0) is 29.1 Å². The van der Waals surface area contributed by atoms with Crippen molar-refractivity contribution in [3.05, 3.63) is 72.3 Å². The van der Waals surface area contributed by atoms with E-state index in [1.807, 2.05) is 42.5 Å². The topological polar surface area (TPSA) is 97.2 Å². The van der Waals surface area contributed by atoms with Crippen LogP contribution in [0, 0.1) is 0 Å². The van der Waals surface area contributed by atoms with Crippen LogP contribution >= 0.6 is 0 Å². The Bertz CT molecular complexity index is 970. The van der Waals surface area contributed by atoms with Gasteiger partial charge in [0.2, 0.25) is 0 Å². The first-order valence-corrected chi connectivity index (χ1v) is 10.1. The second-order valence-corrected chi connectivity index (χ2v) is 6.91. The molecular formula is C24H27NO6. The van der Waals surface area contributed by atoms with E-state index in [0.717, 1.165) is 10.8 Å². The molecule has 3 aromatic rings. The Labute approximate surface area is 181 Å². The van der Waals surface area contributed by atoms with E-state index < -0.39 is 18.3 Å². The molecule has 3 rings (SSSR count). The molecule has 0 unspecified atom stereocenters. The highest BCUT2D eigenvalue weighted by atomic mass is 16.6. The summed E-state index contributed by atoms with van der Waals surface area (Å²) in [5.41, 5.74) is 1.34. The van der Waals surface area contributed by atoms with E-state index in [0.29, 0.717) is 23.4 Å². The second kappa shape index (κ2) is 11.3. The van der Waals surface area contributed by atoms with Crippen LogP contribution in [0.5, 0.6) is 5.75 Å². The minimum atomic E-state index is -0.737. The molecule has 7 nitrogen and oxygen atoms in total. The monoisotopic (exact) mass is 425 g/mol. The molecule has 0 saturated carbocycles. The van der Waals surface area contributed by atoms with Crippen molar-refractivity contribution < 1.29 is 29.2 Å². The molecule has 3 N–H and O–H groups in total. The number of fused-ring (bicyclic) bond motifs is 1. The number of benzene rings is 3. The lowest BCUT2D eigenvalue weighted by atomic mass is 10.0. The van der Waals surface area contributed by atoms with E-state index in [9.17, 15) is 9.90 Å². The molecule has 0 spiro atoms. The van der Waals surface area contributed by atoms with Crippen molar-refractivity contribution in [3.63, 3.8) is 0 Å². The van der Waals surface area contributed by atoms with Crippen LogP contribution in [-0.2, 0) is 9.47 Å². The zero-order valence-corrected chi connectivity index (χ0v) is 17.4. The standard InChI is InChI=1S/C24H27NO6/c1-29-22(13-14-26)23(18-9-11-19(12-10-18)30-16-15-27)31-24(28)25-21-8-4-6-17-5-2-3-7-20(17)21/h2-12,22-23,26-27H,13-16H2,1H3,(H,25,28)/t22-,23-/m0/s1.